The third-order valence-corrected chi connectivity index (χ3v) is 3.02. The summed E-state index contributed by atoms with van der Waals surface area (Å²) in [5.74, 6) is 0.709. The van der Waals surface area contributed by atoms with Crippen LogP contribution in [-0.2, 0) is 6.42 Å². The quantitative estimate of drug-likeness (QED) is 0.706. The number of H-pyrrole nitrogens is 1. The number of nitrogens with one attached hydrogen (secondary N) is 2. The zero-order chi connectivity index (χ0) is 11.3. The Hall–Kier alpha value is -0.830. The third kappa shape index (κ3) is 4.04. The van der Waals surface area contributed by atoms with Crippen LogP contribution in [0.2, 0.25) is 0 Å². The monoisotopic (exact) mass is 209 g/mol. The summed E-state index contributed by atoms with van der Waals surface area (Å²) in [4.78, 5) is 0. The van der Waals surface area contributed by atoms with E-state index in [-0.39, 0.29) is 0 Å². The van der Waals surface area contributed by atoms with Crippen molar-refractivity contribution in [2.75, 3.05) is 6.54 Å². The average Bonchev–Trinajstić information content (AvgIpc) is 2.58. The van der Waals surface area contributed by atoms with Crippen LogP contribution in [0.4, 0.5) is 0 Å². The fourth-order valence-electron chi connectivity index (χ4n) is 1.47. The maximum atomic E-state index is 4.02. The minimum Gasteiger partial charge on any atom is -0.314 e. The standard InChI is InChI=1S/C12H23N3/c1-9(2)10(3)13-7-5-6-12-8-14-15-11(12)4/h8-10,13H,5-7H2,1-4H3,(H,14,15). The molecule has 1 heterocycles. The first-order valence-corrected chi connectivity index (χ1v) is 5.83. The first kappa shape index (κ1) is 12.2. The van der Waals surface area contributed by atoms with Crippen molar-refractivity contribution in [1.82, 2.24) is 15.5 Å². The lowest BCUT2D eigenvalue weighted by Crippen LogP contribution is -2.31. The molecule has 0 aliphatic rings. The van der Waals surface area contributed by atoms with Gasteiger partial charge in [-0.15, -0.1) is 0 Å². The second kappa shape index (κ2) is 5.91. The minimum atomic E-state index is 0.607. The molecule has 0 aliphatic carbocycles. The molecule has 1 unspecified atom stereocenters. The van der Waals surface area contributed by atoms with Gasteiger partial charge in [0.15, 0.2) is 0 Å². The van der Waals surface area contributed by atoms with Gasteiger partial charge in [0.2, 0.25) is 0 Å². The van der Waals surface area contributed by atoms with Crippen molar-refractivity contribution in [2.24, 2.45) is 5.92 Å². The Labute approximate surface area is 92.7 Å². The SMILES string of the molecule is Cc1[nH]ncc1CCCNC(C)C(C)C. The van der Waals surface area contributed by atoms with E-state index in [0.717, 1.165) is 13.0 Å². The van der Waals surface area contributed by atoms with Crippen molar-refractivity contribution < 1.29 is 0 Å². The maximum absolute atomic E-state index is 4.02. The summed E-state index contributed by atoms with van der Waals surface area (Å²) in [6.07, 6.45) is 4.22. The van der Waals surface area contributed by atoms with Crippen LogP contribution in [-0.4, -0.2) is 22.8 Å². The van der Waals surface area contributed by atoms with E-state index in [2.05, 4.69) is 43.2 Å². The highest BCUT2D eigenvalue weighted by atomic mass is 15.1. The van der Waals surface area contributed by atoms with Gasteiger partial charge in [0.25, 0.3) is 0 Å². The lowest BCUT2D eigenvalue weighted by atomic mass is 10.1. The van der Waals surface area contributed by atoms with Crippen molar-refractivity contribution >= 4 is 0 Å². The Kier molecular flexibility index (Phi) is 4.82. The molecule has 86 valence electrons. The molecule has 0 aromatic carbocycles. The fourth-order valence-corrected chi connectivity index (χ4v) is 1.47. The molecular weight excluding hydrogens is 186 g/mol. The third-order valence-electron chi connectivity index (χ3n) is 3.02. The second-order valence-corrected chi connectivity index (χ2v) is 4.61. The fraction of sp³-hybridized carbons (Fsp3) is 0.750. The van der Waals surface area contributed by atoms with E-state index in [4.69, 9.17) is 0 Å². The molecule has 0 saturated heterocycles. The van der Waals surface area contributed by atoms with Gasteiger partial charge in [0.05, 0.1) is 6.20 Å². The highest BCUT2D eigenvalue weighted by Crippen LogP contribution is 2.06. The van der Waals surface area contributed by atoms with Crippen LogP contribution in [0.3, 0.4) is 0 Å². The first-order valence-electron chi connectivity index (χ1n) is 5.83. The van der Waals surface area contributed by atoms with E-state index >= 15 is 0 Å². The van der Waals surface area contributed by atoms with E-state index in [0.29, 0.717) is 12.0 Å². The Morgan fingerprint density at radius 3 is 2.67 bits per heavy atom. The van der Waals surface area contributed by atoms with Crippen LogP contribution in [0.25, 0.3) is 0 Å². The van der Waals surface area contributed by atoms with Gasteiger partial charge in [0, 0.05) is 11.7 Å². The molecule has 0 saturated carbocycles. The molecule has 2 N–H and O–H groups in total. The van der Waals surface area contributed by atoms with Gasteiger partial charge in [0.1, 0.15) is 0 Å². The summed E-state index contributed by atoms with van der Waals surface area (Å²) in [7, 11) is 0. The number of rotatable bonds is 6. The topological polar surface area (TPSA) is 40.7 Å². The molecule has 0 radical (unpaired) electrons. The molecule has 1 aromatic heterocycles. The normalized spacial score (nSPS) is 13.4. The summed E-state index contributed by atoms with van der Waals surface area (Å²) >= 11 is 0. The van der Waals surface area contributed by atoms with Crippen molar-refractivity contribution in [3.8, 4) is 0 Å². The number of hydrogen-bond acceptors (Lipinski definition) is 2. The van der Waals surface area contributed by atoms with Crippen LogP contribution in [0.5, 0.6) is 0 Å². The van der Waals surface area contributed by atoms with Gasteiger partial charge in [-0.2, -0.15) is 5.10 Å². The van der Waals surface area contributed by atoms with Crippen LogP contribution >= 0.6 is 0 Å². The van der Waals surface area contributed by atoms with E-state index < -0.39 is 0 Å². The van der Waals surface area contributed by atoms with E-state index in [1.54, 1.807) is 0 Å². The van der Waals surface area contributed by atoms with Crippen LogP contribution in [0.15, 0.2) is 6.20 Å². The Morgan fingerprint density at radius 2 is 2.13 bits per heavy atom. The molecule has 0 aliphatic heterocycles. The number of aromatic nitrogens is 2. The minimum absolute atomic E-state index is 0.607. The Morgan fingerprint density at radius 1 is 1.40 bits per heavy atom. The first-order chi connectivity index (χ1) is 7.11. The summed E-state index contributed by atoms with van der Waals surface area (Å²) in [5, 5.41) is 10.5. The highest BCUT2D eigenvalue weighted by molar-refractivity contribution is 5.14. The Balaban J connectivity index is 2.15. The van der Waals surface area contributed by atoms with Crippen LogP contribution < -0.4 is 5.32 Å². The van der Waals surface area contributed by atoms with Gasteiger partial charge >= 0.3 is 0 Å². The maximum Gasteiger partial charge on any atom is 0.0522 e. The zero-order valence-electron chi connectivity index (χ0n) is 10.3. The molecular formula is C12H23N3. The highest BCUT2D eigenvalue weighted by Gasteiger charge is 2.05. The molecule has 0 spiro atoms. The molecule has 3 heteroatoms. The van der Waals surface area contributed by atoms with Gasteiger partial charge in [-0.25, -0.2) is 0 Å². The van der Waals surface area contributed by atoms with Gasteiger partial charge < -0.3 is 5.32 Å². The molecule has 0 fully saturated rings. The summed E-state index contributed by atoms with van der Waals surface area (Å²) in [6, 6.07) is 0.607. The molecule has 15 heavy (non-hydrogen) atoms. The molecule has 0 bridgehead atoms. The number of aromatic amines is 1. The number of aryl methyl sites for hydroxylation is 2. The molecule has 0 amide bonds. The van der Waals surface area contributed by atoms with E-state index in [1.807, 2.05) is 6.20 Å². The van der Waals surface area contributed by atoms with Gasteiger partial charge in [-0.05, 0) is 44.7 Å². The lowest BCUT2D eigenvalue weighted by molar-refractivity contribution is 0.424. The van der Waals surface area contributed by atoms with E-state index in [1.165, 1.54) is 17.7 Å². The number of hydrogen-bond donors (Lipinski definition) is 2. The second-order valence-electron chi connectivity index (χ2n) is 4.61. The van der Waals surface area contributed by atoms with Crippen molar-refractivity contribution in [3.05, 3.63) is 17.5 Å². The summed E-state index contributed by atoms with van der Waals surface area (Å²) in [6.45, 7) is 9.90. The number of nitrogens with zero attached hydrogens (tertiary/aromatic N) is 1. The van der Waals surface area contributed by atoms with Crippen molar-refractivity contribution in [2.45, 2.75) is 46.6 Å². The predicted molar refractivity (Wildman–Crippen MR) is 63.9 cm³/mol. The van der Waals surface area contributed by atoms with E-state index in [9.17, 15) is 0 Å². The predicted octanol–water partition coefficient (Wildman–Crippen LogP) is 2.28. The van der Waals surface area contributed by atoms with Crippen molar-refractivity contribution in [3.63, 3.8) is 0 Å². The van der Waals surface area contributed by atoms with Crippen LogP contribution in [0.1, 0.15) is 38.4 Å². The molecule has 3 nitrogen and oxygen atoms in total. The molecule has 1 atom stereocenters. The lowest BCUT2D eigenvalue weighted by Gasteiger charge is -2.17. The average molecular weight is 209 g/mol. The van der Waals surface area contributed by atoms with Gasteiger partial charge in [-0.3, -0.25) is 5.10 Å². The molecule has 1 aromatic rings. The van der Waals surface area contributed by atoms with Crippen LogP contribution in [0, 0.1) is 12.8 Å². The van der Waals surface area contributed by atoms with Gasteiger partial charge in [-0.1, -0.05) is 13.8 Å². The summed E-state index contributed by atoms with van der Waals surface area (Å²) in [5.41, 5.74) is 2.54. The zero-order valence-corrected chi connectivity index (χ0v) is 10.3. The Bertz CT molecular complexity index is 278. The molecule has 1 rings (SSSR count). The largest absolute Gasteiger partial charge is 0.314 e. The smallest absolute Gasteiger partial charge is 0.0522 e. The summed E-state index contributed by atoms with van der Waals surface area (Å²) < 4.78 is 0. The van der Waals surface area contributed by atoms with Crippen molar-refractivity contribution in [1.29, 1.82) is 0 Å².